The van der Waals surface area contributed by atoms with E-state index in [0.717, 1.165) is 4.32 Å². The predicted molar refractivity (Wildman–Crippen MR) is 80.6 cm³/mol. The lowest BCUT2D eigenvalue weighted by molar-refractivity contribution is 0.0664. The molecule has 6 heteroatoms. The summed E-state index contributed by atoms with van der Waals surface area (Å²) < 4.78 is 0.747. The molecule has 0 fully saturated rings. The third kappa shape index (κ3) is 2.79. The van der Waals surface area contributed by atoms with Gasteiger partial charge in [0.25, 0.3) is 11.8 Å². The monoisotopic (exact) mass is 294 g/mol. The van der Waals surface area contributed by atoms with Crippen molar-refractivity contribution in [1.82, 2.24) is 9.80 Å². The number of thioether (sulfide) groups is 1. The maximum Gasteiger partial charge on any atom is 0.261 e. The van der Waals surface area contributed by atoms with Gasteiger partial charge in [0.1, 0.15) is 4.32 Å². The van der Waals surface area contributed by atoms with E-state index >= 15 is 0 Å². The van der Waals surface area contributed by atoms with Gasteiger partial charge in [0.05, 0.1) is 11.1 Å². The summed E-state index contributed by atoms with van der Waals surface area (Å²) in [5.41, 5.74) is 0.986. The number of imide groups is 1. The highest BCUT2D eigenvalue weighted by Crippen LogP contribution is 2.22. The van der Waals surface area contributed by atoms with Crippen LogP contribution in [0.5, 0.6) is 0 Å². The highest BCUT2D eigenvalue weighted by atomic mass is 32.2. The van der Waals surface area contributed by atoms with Gasteiger partial charge >= 0.3 is 0 Å². The number of rotatable bonds is 3. The first kappa shape index (κ1) is 14.0. The van der Waals surface area contributed by atoms with Crippen LogP contribution in [0.1, 0.15) is 20.7 Å². The second-order valence-corrected chi connectivity index (χ2v) is 6.05. The average Bonchev–Trinajstić information content (AvgIpc) is 2.64. The summed E-state index contributed by atoms with van der Waals surface area (Å²) in [7, 11) is 3.74. The van der Waals surface area contributed by atoms with E-state index in [1.54, 1.807) is 24.3 Å². The zero-order valence-corrected chi connectivity index (χ0v) is 12.4. The Hall–Kier alpha value is -1.40. The maximum atomic E-state index is 12.1. The van der Waals surface area contributed by atoms with Gasteiger partial charge in [-0.1, -0.05) is 36.1 Å². The van der Waals surface area contributed by atoms with Gasteiger partial charge in [-0.3, -0.25) is 14.5 Å². The fraction of sp³-hybridized carbons (Fsp3) is 0.308. The Morgan fingerprint density at radius 3 is 2.21 bits per heavy atom. The molecule has 2 amide bonds. The van der Waals surface area contributed by atoms with E-state index in [4.69, 9.17) is 12.2 Å². The number of fused-ring (bicyclic) bond motifs is 1. The van der Waals surface area contributed by atoms with Crippen LogP contribution in [0.4, 0.5) is 0 Å². The minimum Gasteiger partial charge on any atom is -0.364 e. The quantitative estimate of drug-likeness (QED) is 0.629. The van der Waals surface area contributed by atoms with Crippen molar-refractivity contribution in [3.63, 3.8) is 0 Å². The van der Waals surface area contributed by atoms with Crippen molar-refractivity contribution in [3.8, 4) is 0 Å². The van der Waals surface area contributed by atoms with Gasteiger partial charge in [-0.2, -0.15) is 0 Å². The number of hydrogen-bond acceptors (Lipinski definition) is 4. The Kier molecular flexibility index (Phi) is 4.21. The van der Waals surface area contributed by atoms with Crippen molar-refractivity contribution < 1.29 is 9.59 Å². The molecular formula is C13H14N2O2S2. The second kappa shape index (κ2) is 5.71. The molecule has 1 aromatic carbocycles. The van der Waals surface area contributed by atoms with E-state index in [1.165, 1.54) is 16.7 Å². The molecule has 1 aromatic rings. The van der Waals surface area contributed by atoms with Crippen LogP contribution >= 0.6 is 24.0 Å². The van der Waals surface area contributed by atoms with Gasteiger partial charge in [-0.25, -0.2) is 0 Å². The number of nitrogens with zero attached hydrogens (tertiary/aromatic N) is 2. The highest BCUT2D eigenvalue weighted by molar-refractivity contribution is 8.22. The molecule has 1 aliphatic heterocycles. The molecule has 0 spiro atoms. The molecule has 0 unspecified atom stereocenters. The Morgan fingerprint density at radius 1 is 1.21 bits per heavy atom. The van der Waals surface area contributed by atoms with Crippen LogP contribution in [-0.4, -0.2) is 52.3 Å². The summed E-state index contributed by atoms with van der Waals surface area (Å²) in [5.74, 6) is 0.191. The molecule has 0 atom stereocenters. The summed E-state index contributed by atoms with van der Waals surface area (Å²) in [6, 6.07) is 6.91. The molecule has 0 N–H and O–H groups in total. The SMILES string of the molecule is CN(C)C(=S)SCCN1C(=O)c2ccccc2C1=O. The first-order chi connectivity index (χ1) is 9.02. The van der Waals surface area contributed by atoms with Crippen molar-refractivity contribution in [2.45, 2.75) is 0 Å². The topological polar surface area (TPSA) is 40.6 Å². The van der Waals surface area contributed by atoms with Crippen LogP contribution in [0.15, 0.2) is 24.3 Å². The summed E-state index contributed by atoms with van der Waals surface area (Å²) in [5, 5.41) is 0. The molecule has 2 rings (SSSR count). The standard InChI is InChI=1S/C13H14N2O2S2/c1-14(2)13(18)19-8-7-15-11(16)9-5-3-4-6-10(9)12(15)17/h3-6H,7-8H2,1-2H3. The van der Waals surface area contributed by atoms with Gasteiger partial charge in [0.15, 0.2) is 0 Å². The van der Waals surface area contributed by atoms with Crippen LogP contribution in [0.25, 0.3) is 0 Å². The van der Waals surface area contributed by atoms with E-state index in [2.05, 4.69) is 0 Å². The van der Waals surface area contributed by atoms with Crippen LogP contribution in [-0.2, 0) is 0 Å². The summed E-state index contributed by atoms with van der Waals surface area (Å²) in [6.45, 7) is 0.380. The summed E-state index contributed by atoms with van der Waals surface area (Å²) in [4.78, 5) is 27.3. The van der Waals surface area contributed by atoms with E-state index in [9.17, 15) is 9.59 Å². The minimum absolute atomic E-state index is 0.211. The third-order valence-corrected chi connectivity index (χ3v) is 4.50. The third-order valence-electron chi connectivity index (χ3n) is 2.78. The molecule has 0 saturated carbocycles. The Bertz CT molecular complexity index is 508. The number of thiocarbonyl (C=S) groups is 1. The Labute approximate surface area is 121 Å². The molecule has 1 heterocycles. The molecule has 4 nitrogen and oxygen atoms in total. The van der Waals surface area contributed by atoms with E-state index in [0.29, 0.717) is 23.4 Å². The molecule has 0 saturated heterocycles. The number of benzene rings is 1. The number of carbonyl (C=O) groups excluding carboxylic acids is 2. The van der Waals surface area contributed by atoms with Gasteiger partial charge < -0.3 is 4.90 Å². The molecule has 0 aliphatic carbocycles. The van der Waals surface area contributed by atoms with E-state index in [1.807, 2.05) is 19.0 Å². The number of amides is 2. The lowest BCUT2D eigenvalue weighted by atomic mass is 10.1. The smallest absolute Gasteiger partial charge is 0.261 e. The molecule has 0 bridgehead atoms. The zero-order chi connectivity index (χ0) is 14.0. The average molecular weight is 294 g/mol. The number of hydrogen-bond donors (Lipinski definition) is 0. The van der Waals surface area contributed by atoms with Gasteiger partial charge in [0, 0.05) is 26.4 Å². The van der Waals surface area contributed by atoms with Crippen molar-refractivity contribution in [3.05, 3.63) is 35.4 Å². The fourth-order valence-electron chi connectivity index (χ4n) is 1.80. The summed E-state index contributed by atoms with van der Waals surface area (Å²) >= 11 is 6.61. The zero-order valence-electron chi connectivity index (χ0n) is 10.8. The van der Waals surface area contributed by atoms with Crippen molar-refractivity contribution in [1.29, 1.82) is 0 Å². The lowest BCUT2D eigenvalue weighted by Gasteiger charge is -2.16. The molecule has 0 aromatic heterocycles. The van der Waals surface area contributed by atoms with Crippen LogP contribution < -0.4 is 0 Å². The van der Waals surface area contributed by atoms with Gasteiger partial charge in [-0.05, 0) is 12.1 Å². The largest absolute Gasteiger partial charge is 0.364 e. The van der Waals surface area contributed by atoms with Gasteiger partial charge in [-0.15, -0.1) is 0 Å². The van der Waals surface area contributed by atoms with Crippen LogP contribution in [0.3, 0.4) is 0 Å². The summed E-state index contributed by atoms with van der Waals surface area (Å²) in [6.07, 6.45) is 0. The molecule has 0 radical (unpaired) electrons. The highest BCUT2D eigenvalue weighted by Gasteiger charge is 2.34. The second-order valence-electron chi connectivity index (χ2n) is 4.32. The minimum atomic E-state index is -0.211. The molecule has 100 valence electrons. The normalized spacial score (nSPS) is 13.7. The van der Waals surface area contributed by atoms with Crippen molar-refractivity contribution in [2.75, 3.05) is 26.4 Å². The van der Waals surface area contributed by atoms with Crippen LogP contribution in [0.2, 0.25) is 0 Å². The first-order valence-corrected chi connectivity index (χ1v) is 7.21. The Morgan fingerprint density at radius 2 is 1.74 bits per heavy atom. The Balaban J connectivity index is 1.99. The molecule has 1 aliphatic rings. The van der Waals surface area contributed by atoms with E-state index in [-0.39, 0.29) is 11.8 Å². The molecule has 19 heavy (non-hydrogen) atoms. The number of carbonyl (C=O) groups is 2. The lowest BCUT2D eigenvalue weighted by Crippen LogP contribution is -2.32. The van der Waals surface area contributed by atoms with E-state index < -0.39 is 0 Å². The molecular weight excluding hydrogens is 280 g/mol. The van der Waals surface area contributed by atoms with Crippen molar-refractivity contribution >= 4 is 40.1 Å². The van der Waals surface area contributed by atoms with Crippen LogP contribution in [0, 0.1) is 0 Å². The first-order valence-electron chi connectivity index (χ1n) is 5.81. The van der Waals surface area contributed by atoms with Crippen molar-refractivity contribution in [2.24, 2.45) is 0 Å². The predicted octanol–water partition coefficient (Wildman–Crippen LogP) is 1.86. The van der Waals surface area contributed by atoms with Gasteiger partial charge in [0.2, 0.25) is 0 Å². The maximum absolute atomic E-state index is 12.1. The fourth-order valence-corrected chi connectivity index (χ4v) is 2.75.